The van der Waals surface area contributed by atoms with Crippen LogP contribution < -0.4 is 4.48 Å². The predicted molar refractivity (Wildman–Crippen MR) is 97.1 cm³/mol. The molecule has 0 radical (unpaired) electrons. The van der Waals surface area contributed by atoms with Gasteiger partial charge < -0.3 is 0 Å². The first-order valence-electron chi connectivity index (χ1n) is 8.50. The largest absolute Gasteiger partial charge is 0.232 e. The number of para-hydroxylation sites is 1. The summed E-state index contributed by atoms with van der Waals surface area (Å²) in [6.07, 6.45) is 9.87. The van der Waals surface area contributed by atoms with Crippen LogP contribution in [0.15, 0.2) is 54.7 Å². The number of rotatable bonds is 6. The molecule has 2 aromatic carbocycles. The lowest BCUT2D eigenvalue weighted by molar-refractivity contribution is 0.477. The number of quaternary nitrogens is 1. The molecule has 0 N–H and O–H groups in total. The average Bonchev–Trinajstić information content (AvgIpc) is 2.93. The van der Waals surface area contributed by atoms with Crippen molar-refractivity contribution in [2.24, 2.45) is 0 Å². The second-order valence-corrected chi connectivity index (χ2v) is 6.36. The van der Waals surface area contributed by atoms with E-state index in [4.69, 9.17) is 0 Å². The molecule has 1 heteroatoms. The fourth-order valence-corrected chi connectivity index (χ4v) is 3.43. The Labute approximate surface area is 134 Å². The summed E-state index contributed by atoms with van der Waals surface area (Å²) in [5, 5.41) is 0. The van der Waals surface area contributed by atoms with E-state index in [1.165, 1.54) is 48.2 Å². The minimum atomic E-state index is 0.875. The molecular formula is C21H26N+. The molecule has 1 unspecified atom stereocenters. The van der Waals surface area contributed by atoms with E-state index in [9.17, 15) is 0 Å². The second-order valence-electron chi connectivity index (χ2n) is 6.36. The van der Waals surface area contributed by atoms with E-state index >= 15 is 0 Å². The molecule has 0 bridgehead atoms. The van der Waals surface area contributed by atoms with Crippen molar-refractivity contribution < 1.29 is 0 Å². The highest BCUT2D eigenvalue weighted by Crippen LogP contribution is 2.43. The number of hydrogen-bond donors (Lipinski definition) is 0. The van der Waals surface area contributed by atoms with Crippen LogP contribution in [0.2, 0.25) is 0 Å². The maximum atomic E-state index is 2.38. The molecule has 1 atom stereocenters. The molecule has 1 aliphatic heterocycles. The summed E-state index contributed by atoms with van der Waals surface area (Å²) in [5.74, 6) is 0. The zero-order valence-electron chi connectivity index (χ0n) is 13.8. The molecule has 1 heterocycles. The first kappa shape index (κ1) is 15.1. The van der Waals surface area contributed by atoms with Gasteiger partial charge in [0.1, 0.15) is 17.6 Å². The molecule has 0 saturated heterocycles. The molecule has 0 spiro atoms. The molecule has 2 aromatic rings. The van der Waals surface area contributed by atoms with Crippen molar-refractivity contribution >= 4 is 17.5 Å². The van der Waals surface area contributed by atoms with Gasteiger partial charge in [0.2, 0.25) is 0 Å². The maximum absolute atomic E-state index is 2.38. The SMILES string of the molecule is CCCCCC[N+]1(c2ccc(C)cc2)C=Cc2ccccc21. The van der Waals surface area contributed by atoms with Crippen LogP contribution in [0.5, 0.6) is 0 Å². The normalized spacial score (nSPS) is 19.4. The lowest BCUT2D eigenvalue weighted by atomic mass is 10.1. The van der Waals surface area contributed by atoms with Gasteiger partial charge in [0.25, 0.3) is 0 Å². The maximum Gasteiger partial charge on any atom is 0.150 e. The quantitative estimate of drug-likeness (QED) is 0.439. The summed E-state index contributed by atoms with van der Waals surface area (Å²) in [5.41, 5.74) is 5.48. The molecule has 0 fully saturated rings. The molecule has 22 heavy (non-hydrogen) atoms. The minimum absolute atomic E-state index is 0.875. The molecule has 0 aromatic heterocycles. The molecular weight excluding hydrogens is 266 g/mol. The third-order valence-electron chi connectivity index (χ3n) is 4.73. The van der Waals surface area contributed by atoms with Crippen LogP contribution in [-0.2, 0) is 0 Å². The lowest BCUT2D eigenvalue weighted by Crippen LogP contribution is -2.37. The first-order valence-corrected chi connectivity index (χ1v) is 8.50. The Hall–Kier alpha value is -1.86. The van der Waals surface area contributed by atoms with E-state index in [0.717, 1.165) is 11.0 Å². The van der Waals surface area contributed by atoms with E-state index in [1.54, 1.807) is 0 Å². The van der Waals surface area contributed by atoms with Gasteiger partial charge in [-0.15, -0.1) is 0 Å². The summed E-state index contributed by atoms with van der Waals surface area (Å²) >= 11 is 0. The Morgan fingerprint density at radius 2 is 1.64 bits per heavy atom. The smallest absolute Gasteiger partial charge is 0.150 e. The number of nitrogens with zero attached hydrogens (tertiary/aromatic N) is 1. The lowest BCUT2D eigenvalue weighted by Gasteiger charge is -2.32. The zero-order chi connectivity index (χ0) is 15.4. The van der Waals surface area contributed by atoms with Crippen LogP contribution in [0.1, 0.15) is 43.7 Å². The van der Waals surface area contributed by atoms with Gasteiger partial charge in [-0.1, -0.05) is 49.6 Å². The standard InChI is InChI=1S/C21H26N/c1-3-4-5-8-16-22(20-13-11-18(2)12-14-20)17-15-19-9-6-7-10-21(19)22/h6-7,9-15,17H,3-5,8,16H2,1-2H3/q+1. The van der Waals surface area contributed by atoms with Crippen LogP contribution in [0.25, 0.3) is 6.08 Å². The van der Waals surface area contributed by atoms with E-state index in [2.05, 4.69) is 74.7 Å². The highest BCUT2D eigenvalue weighted by Gasteiger charge is 2.36. The molecule has 0 amide bonds. The minimum Gasteiger partial charge on any atom is -0.232 e. The summed E-state index contributed by atoms with van der Waals surface area (Å²) in [6.45, 7) is 5.58. The number of benzene rings is 2. The van der Waals surface area contributed by atoms with E-state index in [-0.39, 0.29) is 0 Å². The summed E-state index contributed by atoms with van der Waals surface area (Å²) in [4.78, 5) is 0. The third kappa shape index (κ3) is 2.74. The van der Waals surface area contributed by atoms with Crippen LogP contribution in [0.4, 0.5) is 11.4 Å². The second kappa shape index (κ2) is 6.50. The summed E-state index contributed by atoms with van der Waals surface area (Å²) in [6, 6.07) is 17.9. The molecule has 0 saturated carbocycles. The van der Waals surface area contributed by atoms with Crippen LogP contribution in [0.3, 0.4) is 0 Å². The molecule has 3 rings (SSSR count). The topological polar surface area (TPSA) is 0 Å². The van der Waals surface area contributed by atoms with Gasteiger partial charge in [-0.25, -0.2) is 4.48 Å². The van der Waals surface area contributed by atoms with Crippen molar-refractivity contribution in [3.05, 3.63) is 65.9 Å². The van der Waals surface area contributed by atoms with Gasteiger partial charge in [-0.3, -0.25) is 0 Å². The Bertz CT molecular complexity index is 654. The van der Waals surface area contributed by atoms with E-state index < -0.39 is 0 Å². The van der Waals surface area contributed by atoms with E-state index in [0.29, 0.717) is 0 Å². The molecule has 1 nitrogen and oxygen atoms in total. The number of fused-ring (bicyclic) bond motifs is 1. The van der Waals surface area contributed by atoms with Gasteiger partial charge in [0.05, 0.1) is 6.54 Å². The van der Waals surface area contributed by atoms with Gasteiger partial charge in [0, 0.05) is 29.8 Å². The monoisotopic (exact) mass is 292 g/mol. The highest BCUT2D eigenvalue weighted by molar-refractivity contribution is 5.79. The molecule has 1 aliphatic rings. The van der Waals surface area contributed by atoms with Crippen molar-refractivity contribution in [3.8, 4) is 0 Å². The number of unbranched alkanes of at least 4 members (excludes halogenated alkanes) is 3. The Morgan fingerprint density at radius 1 is 0.864 bits per heavy atom. The van der Waals surface area contributed by atoms with Gasteiger partial charge in [-0.05, 0) is 25.8 Å². The van der Waals surface area contributed by atoms with Gasteiger partial charge >= 0.3 is 0 Å². The Kier molecular flexibility index (Phi) is 4.44. The fraction of sp³-hybridized carbons (Fsp3) is 0.333. The van der Waals surface area contributed by atoms with Crippen LogP contribution in [-0.4, -0.2) is 6.54 Å². The number of hydrogen-bond acceptors (Lipinski definition) is 0. The summed E-state index contributed by atoms with van der Waals surface area (Å²) in [7, 11) is 0. The average molecular weight is 292 g/mol. The van der Waals surface area contributed by atoms with E-state index in [1.807, 2.05) is 0 Å². The van der Waals surface area contributed by atoms with Crippen molar-refractivity contribution in [2.45, 2.75) is 39.5 Å². The Balaban J connectivity index is 1.97. The van der Waals surface area contributed by atoms with Crippen molar-refractivity contribution in [3.63, 3.8) is 0 Å². The molecule has 0 aliphatic carbocycles. The van der Waals surface area contributed by atoms with Gasteiger partial charge in [-0.2, -0.15) is 0 Å². The number of aryl methyl sites for hydroxylation is 1. The van der Waals surface area contributed by atoms with Crippen molar-refractivity contribution in [1.29, 1.82) is 0 Å². The highest BCUT2D eigenvalue weighted by atomic mass is 15.4. The predicted octanol–water partition coefficient (Wildman–Crippen LogP) is 6.20. The molecule has 114 valence electrons. The third-order valence-corrected chi connectivity index (χ3v) is 4.73. The van der Waals surface area contributed by atoms with Crippen molar-refractivity contribution in [1.82, 2.24) is 4.48 Å². The van der Waals surface area contributed by atoms with Crippen LogP contribution in [0, 0.1) is 6.92 Å². The van der Waals surface area contributed by atoms with Crippen molar-refractivity contribution in [2.75, 3.05) is 6.54 Å². The van der Waals surface area contributed by atoms with Crippen LogP contribution >= 0.6 is 0 Å². The Morgan fingerprint density at radius 3 is 2.41 bits per heavy atom. The fourth-order valence-electron chi connectivity index (χ4n) is 3.43. The van der Waals surface area contributed by atoms with Gasteiger partial charge in [0.15, 0.2) is 0 Å². The zero-order valence-corrected chi connectivity index (χ0v) is 13.8. The first-order chi connectivity index (χ1) is 10.8. The summed E-state index contributed by atoms with van der Waals surface area (Å²) < 4.78 is 0.875.